The van der Waals surface area contributed by atoms with E-state index in [1.807, 2.05) is 77.7 Å². The van der Waals surface area contributed by atoms with Crippen molar-refractivity contribution in [1.82, 2.24) is 0 Å². The third-order valence-electron chi connectivity index (χ3n) is 5.01. The predicted octanol–water partition coefficient (Wildman–Crippen LogP) is 5.93. The molecule has 3 nitrogen and oxygen atoms in total. The van der Waals surface area contributed by atoms with Crippen LogP contribution in [0.2, 0.25) is 5.02 Å². The van der Waals surface area contributed by atoms with Crippen LogP contribution in [0.25, 0.3) is 0 Å². The van der Waals surface area contributed by atoms with Gasteiger partial charge in [0.1, 0.15) is 0 Å². The monoisotopic (exact) mass is 376 g/mol. The van der Waals surface area contributed by atoms with E-state index < -0.39 is 0 Å². The molecule has 3 aromatic rings. The molecule has 27 heavy (non-hydrogen) atoms. The zero-order valence-corrected chi connectivity index (χ0v) is 15.9. The van der Waals surface area contributed by atoms with E-state index in [0.29, 0.717) is 5.56 Å². The molecule has 3 aromatic carbocycles. The Balaban J connectivity index is 1.68. The Morgan fingerprint density at radius 2 is 1.63 bits per heavy atom. The van der Waals surface area contributed by atoms with Crippen LogP contribution in [0.1, 0.15) is 35.3 Å². The van der Waals surface area contributed by atoms with Gasteiger partial charge in [-0.25, -0.2) is 0 Å². The molecule has 0 bridgehead atoms. The first-order valence-corrected chi connectivity index (χ1v) is 9.51. The molecule has 0 saturated carbocycles. The van der Waals surface area contributed by atoms with E-state index >= 15 is 0 Å². The summed E-state index contributed by atoms with van der Waals surface area (Å²) in [6.07, 6.45) is 0.832. The molecule has 4 heteroatoms. The molecular formula is C23H21ClN2O. The van der Waals surface area contributed by atoms with Gasteiger partial charge in [0, 0.05) is 28.0 Å². The molecule has 0 aliphatic carbocycles. The topological polar surface area (TPSA) is 32.3 Å². The zero-order chi connectivity index (χ0) is 18.8. The summed E-state index contributed by atoms with van der Waals surface area (Å²) < 4.78 is 0. The number of para-hydroxylation sites is 1. The summed E-state index contributed by atoms with van der Waals surface area (Å²) in [6.45, 7) is 2.10. The molecule has 0 spiro atoms. The second-order valence-corrected chi connectivity index (χ2v) is 7.32. The number of carbonyl (C=O) groups excluding carboxylic acids is 1. The van der Waals surface area contributed by atoms with E-state index in [2.05, 4.69) is 18.3 Å². The molecule has 0 saturated heterocycles. The number of hydrogen-bond acceptors (Lipinski definition) is 2. The van der Waals surface area contributed by atoms with Gasteiger partial charge in [0.15, 0.2) is 0 Å². The van der Waals surface area contributed by atoms with Gasteiger partial charge in [-0.05, 0) is 61.4 Å². The minimum absolute atomic E-state index is 0.0421. The summed E-state index contributed by atoms with van der Waals surface area (Å²) in [5.41, 5.74) is 3.84. The first-order chi connectivity index (χ1) is 13.1. The zero-order valence-electron chi connectivity index (χ0n) is 15.1. The normalized spacial score (nSPS) is 18.7. The van der Waals surface area contributed by atoms with Crippen molar-refractivity contribution >= 4 is 28.9 Å². The van der Waals surface area contributed by atoms with Gasteiger partial charge >= 0.3 is 0 Å². The lowest BCUT2D eigenvalue weighted by Crippen LogP contribution is -2.44. The summed E-state index contributed by atoms with van der Waals surface area (Å²) in [5, 5.41) is 4.32. The highest BCUT2D eigenvalue weighted by atomic mass is 35.5. The number of hydrogen-bond donors (Lipinski definition) is 1. The molecule has 2 atom stereocenters. The van der Waals surface area contributed by atoms with Crippen LogP contribution in [0, 0.1) is 0 Å². The Labute approximate surface area is 164 Å². The van der Waals surface area contributed by atoms with Crippen LogP contribution >= 0.6 is 11.6 Å². The number of nitrogens with one attached hydrogen (secondary N) is 1. The minimum Gasteiger partial charge on any atom is -0.378 e. The van der Waals surface area contributed by atoms with Crippen molar-refractivity contribution in [3.8, 4) is 0 Å². The third kappa shape index (κ3) is 3.56. The van der Waals surface area contributed by atoms with Crippen LogP contribution in [-0.4, -0.2) is 11.9 Å². The fourth-order valence-electron chi connectivity index (χ4n) is 3.73. The molecule has 0 unspecified atom stereocenters. The number of fused-ring (bicyclic) bond motifs is 1. The maximum atomic E-state index is 13.2. The molecule has 136 valence electrons. The molecule has 1 amide bonds. The van der Waals surface area contributed by atoms with Crippen molar-refractivity contribution < 1.29 is 4.79 Å². The van der Waals surface area contributed by atoms with E-state index in [0.717, 1.165) is 28.4 Å². The smallest absolute Gasteiger partial charge is 0.258 e. The first-order valence-electron chi connectivity index (χ1n) is 9.13. The van der Waals surface area contributed by atoms with Crippen LogP contribution in [-0.2, 0) is 0 Å². The number of halogens is 1. The summed E-state index contributed by atoms with van der Waals surface area (Å²) in [4.78, 5) is 15.1. The summed E-state index contributed by atoms with van der Waals surface area (Å²) in [5.74, 6) is 0.0421. The van der Waals surface area contributed by atoms with Crippen molar-refractivity contribution in [2.45, 2.75) is 25.4 Å². The number of amides is 1. The highest BCUT2D eigenvalue weighted by Crippen LogP contribution is 2.39. The highest BCUT2D eigenvalue weighted by Gasteiger charge is 2.33. The largest absolute Gasteiger partial charge is 0.378 e. The maximum Gasteiger partial charge on any atom is 0.258 e. The van der Waals surface area contributed by atoms with Crippen LogP contribution in [0.3, 0.4) is 0 Å². The molecule has 1 aliphatic heterocycles. The lowest BCUT2D eigenvalue weighted by atomic mass is 9.90. The third-order valence-corrected chi connectivity index (χ3v) is 5.27. The van der Waals surface area contributed by atoms with Gasteiger partial charge in [-0.1, -0.05) is 48.0 Å². The molecule has 1 N–H and O–H groups in total. The van der Waals surface area contributed by atoms with Gasteiger partial charge in [-0.2, -0.15) is 0 Å². The van der Waals surface area contributed by atoms with Crippen molar-refractivity contribution in [1.29, 1.82) is 0 Å². The van der Waals surface area contributed by atoms with Gasteiger partial charge in [0.25, 0.3) is 5.91 Å². The average Bonchev–Trinajstić information content (AvgIpc) is 2.70. The standard InChI is InChI=1S/C23H21ClN2O/c1-16-15-21(25-19-13-11-18(24)12-14-19)20-9-5-6-10-22(20)26(16)23(27)17-7-3-2-4-8-17/h2-14,16,21,25H,15H2,1H3/t16-,21-/m1/s1. The Hall–Kier alpha value is -2.78. The number of benzene rings is 3. The highest BCUT2D eigenvalue weighted by molar-refractivity contribution is 6.30. The van der Waals surface area contributed by atoms with E-state index in [1.54, 1.807) is 0 Å². The van der Waals surface area contributed by atoms with Gasteiger partial charge < -0.3 is 10.2 Å². The number of rotatable bonds is 3. The summed E-state index contributed by atoms with van der Waals surface area (Å²) >= 11 is 6.00. The van der Waals surface area contributed by atoms with Crippen LogP contribution in [0.15, 0.2) is 78.9 Å². The molecule has 1 aliphatic rings. The lowest BCUT2D eigenvalue weighted by Gasteiger charge is -2.40. The summed E-state index contributed by atoms with van der Waals surface area (Å²) in [6, 6.07) is 25.6. The second-order valence-electron chi connectivity index (χ2n) is 6.89. The fourth-order valence-corrected chi connectivity index (χ4v) is 3.85. The molecule has 0 fully saturated rings. The van der Waals surface area contributed by atoms with Crippen LogP contribution < -0.4 is 10.2 Å². The van der Waals surface area contributed by atoms with Gasteiger partial charge in [0.05, 0.1) is 6.04 Å². The Morgan fingerprint density at radius 1 is 0.963 bits per heavy atom. The fraction of sp³-hybridized carbons (Fsp3) is 0.174. The molecule has 1 heterocycles. The minimum atomic E-state index is 0.0421. The van der Waals surface area contributed by atoms with E-state index in [4.69, 9.17) is 11.6 Å². The maximum absolute atomic E-state index is 13.2. The Bertz CT molecular complexity index is 940. The molecular weight excluding hydrogens is 356 g/mol. The Kier molecular flexibility index (Phi) is 4.87. The van der Waals surface area contributed by atoms with E-state index in [1.165, 1.54) is 0 Å². The quantitative estimate of drug-likeness (QED) is 0.614. The van der Waals surface area contributed by atoms with E-state index in [9.17, 15) is 4.79 Å². The predicted molar refractivity (Wildman–Crippen MR) is 112 cm³/mol. The van der Waals surface area contributed by atoms with Crippen molar-refractivity contribution in [2.75, 3.05) is 10.2 Å². The van der Waals surface area contributed by atoms with Crippen LogP contribution in [0.4, 0.5) is 11.4 Å². The van der Waals surface area contributed by atoms with Gasteiger partial charge in [-0.15, -0.1) is 0 Å². The number of anilines is 2. The van der Waals surface area contributed by atoms with Gasteiger partial charge in [0.2, 0.25) is 0 Å². The first kappa shape index (κ1) is 17.6. The SMILES string of the molecule is C[C@@H]1C[C@@H](Nc2ccc(Cl)cc2)c2ccccc2N1C(=O)c1ccccc1. The molecule has 4 rings (SSSR count). The summed E-state index contributed by atoms with van der Waals surface area (Å²) in [7, 11) is 0. The molecule has 0 aromatic heterocycles. The van der Waals surface area contributed by atoms with Crippen LogP contribution in [0.5, 0.6) is 0 Å². The van der Waals surface area contributed by atoms with E-state index in [-0.39, 0.29) is 18.0 Å². The second kappa shape index (κ2) is 7.45. The number of nitrogens with zero attached hydrogens (tertiary/aromatic N) is 1. The number of carbonyl (C=O) groups is 1. The average molecular weight is 377 g/mol. The van der Waals surface area contributed by atoms with Crippen molar-refractivity contribution in [2.24, 2.45) is 0 Å². The van der Waals surface area contributed by atoms with Crippen molar-refractivity contribution in [3.63, 3.8) is 0 Å². The molecule has 0 radical (unpaired) electrons. The van der Waals surface area contributed by atoms with Crippen molar-refractivity contribution in [3.05, 3.63) is 95.0 Å². The van der Waals surface area contributed by atoms with Gasteiger partial charge in [-0.3, -0.25) is 4.79 Å². The Morgan fingerprint density at radius 3 is 2.37 bits per heavy atom. The lowest BCUT2D eigenvalue weighted by molar-refractivity contribution is 0.0974.